The number of ether oxygens (including phenoxy) is 1. The van der Waals surface area contributed by atoms with Crippen LogP contribution in [0.2, 0.25) is 0 Å². The van der Waals surface area contributed by atoms with Crippen LogP contribution in [-0.2, 0) is 6.54 Å². The maximum atomic E-state index is 6.30. The largest absolute Gasteiger partial charge is 0.490 e. The summed E-state index contributed by atoms with van der Waals surface area (Å²) < 4.78 is 8.16. The van der Waals surface area contributed by atoms with E-state index in [1.54, 1.807) is 0 Å². The number of likely N-dealkylation sites (tertiary alicyclic amines) is 1. The van der Waals surface area contributed by atoms with Gasteiger partial charge in [-0.2, -0.15) is 9.61 Å². The quantitative estimate of drug-likeness (QED) is 0.604. The molecule has 0 aliphatic carbocycles. The number of fused-ring (bicyclic) bond motifs is 2. The Kier molecular flexibility index (Phi) is 4.01. The molecular weight excluding hydrogens is 340 g/mol. The SMILES string of the molecule is Cc1ccc2nnc(CN3CCC(Oc4cccc5[nH]ccc45)CC3)n2n1. The minimum absolute atomic E-state index is 0.247. The van der Waals surface area contributed by atoms with Crippen molar-refractivity contribution in [1.29, 1.82) is 0 Å². The van der Waals surface area contributed by atoms with Gasteiger partial charge in [-0.15, -0.1) is 10.2 Å². The summed E-state index contributed by atoms with van der Waals surface area (Å²) in [6.07, 6.45) is 4.21. The molecule has 0 atom stereocenters. The van der Waals surface area contributed by atoms with Crippen molar-refractivity contribution in [1.82, 2.24) is 29.7 Å². The molecule has 0 unspecified atom stereocenters. The number of H-pyrrole nitrogens is 1. The van der Waals surface area contributed by atoms with E-state index in [1.807, 2.05) is 35.8 Å². The van der Waals surface area contributed by atoms with Crippen LogP contribution in [0.25, 0.3) is 16.6 Å². The fourth-order valence-corrected chi connectivity index (χ4v) is 3.75. The second-order valence-corrected chi connectivity index (χ2v) is 7.15. The average molecular weight is 362 g/mol. The van der Waals surface area contributed by atoms with Gasteiger partial charge in [0.05, 0.1) is 12.2 Å². The number of nitrogens with zero attached hydrogens (tertiary/aromatic N) is 5. The third-order valence-electron chi connectivity index (χ3n) is 5.21. The number of hydrogen-bond donors (Lipinski definition) is 1. The molecule has 5 rings (SSSR count). The van der Waals surface area contributed by atoms with E-state index in [2.05, 4.69) is 43.4 Å². The molecule has 1 fully saturated rings. The van der Waals surface area contributed by atoms with Crippen LogP contribution in [0.1, 0.15) is 24.4 Å². The Labute approximate surface area is 157 Å². The predicted octanol–water partition coefficient (Wildman–Crippen LogP) is 2.96. The van der Waals surface area contributed by atoms with Crippen LogP contribution in [0.15, 0.2) is 42.6 Å². The zero-order valence-corrected chi connectivity index (χ0v) is 15.3. The zero-order valence-electron chi connectivity index (χ0n) is 15.3. The molecule has 1 saturated heterocycles. The molecule has 7 nitrogen and oxygen atoms in total. The second-order valence-electron chi connectivity index (χ2n) is 7.15. The normalized spacial score (nSPS) is 16.3. The van der Waals surface area contributed by atoms with Gasteiger partial charge in [0, 0.05) is 30.2 Å². The molecule has 138 valence electrons. The summed E-state index contributed by atoms with van der Waals surface area (Å²) in [7, 11) is 0. The molecule has 0 saturated carbocycles. The van der Waals surface area contributed by atoms with E-state index in [9.17, 15) is 0 Å². The Morgan fingerprint density at radius 1 is 1.11 bits per heavy atom. The number of aryl methyl sites for hydroxylation is 1. The number of hydrogen-bond acceptors (Lipinski definition) is 5. The molecule has 0 radical (unpaired) electrons. The van der Waals surface area contributed by atoms with Crippen molar-refractivity contribution < 1.29 is 4.74 Å². The van der Waals surface area contributed by atoms with Crippen LogP contribution < -0.4 is 4.74 Å². The number of piperidine rings is 1. The van der Waals surface area contributed by atoms with Gasteiger partial charge >= 0.3 is 0 Å². The van der Waals surface area contributed by atoms with Crippen LogP contribution in [0.4, 0.5) is 0 Å². The van der Waals surface area contributed by atoms with E-state index in [0.29, 0.717) is 0 Å². The first-order chi connectivity index (χ1) is 13.3. The molecule has 7 heteroatoms. The van der Waals surface area contributed by atoms with Crippen molar-refractivity contribution in [2.45, 2.75) is 32.4 Å². The van der Waals surface area contributed by atoms with Crippen LogP contribution in [-0.4, -0.2) is 48.9 Å². The van der Waals surface area contributed by atoms with Crippen molar-refractivity contribution >= 4 is 16.6 Å². The lowest BCUT2D eigenvalue weighted by atomic mass is 10.1. The van der Waals surface area contributed by atoms with Gasteiger partial charge in [-0.25, -0.2) is 0 Å². The second kappa shape index (κ2) is 6.66. The highest BCUT2D eigenvalue weighted by molar-refractivity contribution is 5.85. The summed E-state index contributed by atoms with van der Waals surface area (Å²) in [5, 5.41) is 14.2. The van der Waals surface area contributed by atoms with E-state index < -0.39 is 0 Å². The van der Waals surface area contributed by atoms with E-state index in [1.165, 1.54) is 0 Å². The maximum Gasteiger partial charge on any atom is 0.177 e. The topological polar surface area (TPSA) is 71.3 Å². The van der Waals surface area contributed by atoms with E-state index in [0.717, 1.165) is 66.3 Å². The highest BCUT2D eigenvalue weighted by atomic mass is 16.5. The molecule has 4 heterocycles. The highest BCUT2D eigenvalue weighted by Gasteiger charge is 2.22. The van der Waals surface area contributed by atoms with E-state index in [-0.39, 0.29) is 6.10 Å². The third-order valence-corrected chi connectivity index (χ3v) is 5.21. The standard InChI is InChI=1S/C20H22N6O/c1-14-5-6-19-22-23-20(26(19)24-14)13-25-11-8-15(9-12-25)27-18-4-2-3-17-16(18)7-10-21-17/h2-7,10,15,21H,8-9,11-13H2,1H3. The fourth-order valence-electron chi connectivity index (χ4n) is 3.75. The summed E-state index contributed by atoms with van der Waals surface area (Å²) >= 11 is 0. The molecular formula is C20H22N6O. The maximum absolute atomic E-state index is 6.30. The Balaban J connectivity index is 1.24. The lowest BCUT2D eigenvalue weighted by Gasteiger charge is -2.31. The smallest absolute Gasteiger partial charge is 0.177 e. The Hall–Kier alpha value is -2.93. The van der Waals surface area contributed by atoms with Gasteiger partial charge in [0.1, 0.15) is 11.9 Å². The molecule has 1 aliphatic heterocycles. The molecule has 27 heavy (non-hydrogen) atoms. The number of aromatic nitrogens is 5. The summed E-state index contributed by atoms with van der Waals surface area (Å²) in [6, 6.07) is 12.2. The molecule has 0 spiro atoms. The lowest BCUT2D eigenvalue weighted by Crippen LogP contribution is -2.38. The average Bonchev–Trinajstić information content (AvgIpc) is 3.31. The van der Waals surface area contributed by atoms with Gasteiger partial charge in [-0.3, -0.25) is 4.90 Å². The van der Waals surface area contributed by atoms with Crippen LogP contribution >= 0.6 is 0 Å². The van der Waals surface area contributed by atoms with Crippen LogP contribution in [0.3, 0.4) is 0 Å². The number of aromatic amines is 1. The predicted molar refractivity (Wildman–Crippen MR) is 103 cm³/mol. The number of nitrogens with one attached hydrogen (secondary N) is 1. The fraction of sp³-hybridized carbons (Fsp3) is 0.350. The number of rotatable bonds is 4. The highest BCUT2D eigenvalue weighted by Crippen LogP contribution is 2.27. The lowest BCUT2D eigenvalue weighted by molar-refractivity contribution is 0.0961. The third kappa shape index (κ3) is 3.14. The zero-order chi connectivity index (χ0) is 18.2. The van der Waals surface area contributed by atoms with Crippen LogP contribution in [0, 0.1) is 6.92 Å². The molecule has 0 bridgehead atoms. The molecule has 1 aliphatic rings. The van der Waals surface area contributed by atoms with Crippen LogP contribution in [0.5, 0.6) is 5.75 Å². The minimum Gasteiger partial charge on any atom is -0.490 e. The Morgan fingerprint density at radius 2 is 2.00 bits per heavy atom. The first-order valence-corrected chi connectivity index (χ1v) is 9.39. The first kappa shape index (κ1) is 16.3. The minimum atomic E-state index is 0.247. The monoisotopic (exact) mass is 362 g/mol. The Morgan fingerprint density at radius 3 is 2.89 bits per heavy atom. The van der Waals surface area contributed by atoms with Gasteiger partial charge in [-0.05, 0) is 50.1 Å². The van der Waals surface area contributed by atoms with Crippen molar-refractivity contribution in [3.05, 3.63) is 54.1 Å². The summed E-state index contributed by atoms with van der Waals surface area (Å²) in [5.41, 5.74) is 2.88. The molecule has 3 aromatic heterocycles. The van der Waals surface area contributed by atoms with Crippen molar-refractivity contribution in [3.8, 4) is 5.75 Å². The van der Waals surface area contributed by atoms with Crippen molar-refractivity contribution in [2.75, 3.05) is 13.1 Å². The van der Waals surface area contributed by atoms with Gasteiger partial charge < -0.3 is 9.72 Å². The molecule has 1 aromatic carbocycles. The molecule has 4 aromatic rings. The summed E-state index contributed by atoms with van der Waals surface area (Å²) in [4.78, 5) is 5.64. The first-order valence-electron chi connectivity index (χ1n) is 9.39. The Bertz CT molecular complexity index is 1080. The number of benzene rings is 1. The molecule has 0 amide bonds. The summed E-state index contributed by atoms with van der Waals surface area (Å²) in [6.45, 7) is 4.71. The molecule has 1 N–H and O–H groups in total. The van der Waals surface area contributed by atoms with E-state index in [4.69, 9.17) is 4.74 Å². The van der Waals surface area contributed by atoms with Crippen molar-refractivity contribution in [3.63, 3.8) is 0 Å². The van der Waals surface area contributed by atoms with Gasteiger partial charge in [0.25, 0.3) is 0 Å². The van der Waals surface area contributed by atoms with Crippen molar-refractivity contribution in [2.24, 2.45) is 0 Å². The summed E-state index contributed by atoms with van der Waals surface area (Å²) in [5.74, 6) is 1.86. The van der Waals surface area contributed by atoms with Gasteiger partial charge in [0.2, 0.25) is 0 Å². The van der Waals surface area contributed by atoms with E-state index >= 15 is 0 Å². The van der Waals surface area contributed by atoms with Gasteiger partial charge in [-0.1, -0.05) is 6.07 Å². The van der Waals surface area contributed by atoms with Gasteiger partial charge in [0.15, 0.2) is 11.5 Å².